The van der Waals surface area contributed by atoms with Gasteiger partial charge in [-0.05, 0) is 56.2 Å². The molecule has 0 N–H and O–H groups in total. The number of halogens is 8. The minimum absolute atomic E-state index is 0.0241. The van der Waals surface area contributed by atoms with Gasteiger partial charge in [0, 0.05) is 37.7 Å². The van der Waals surface area contributed by atoms with Crippen LogP contribution in [-0.4, -0.2) is 59.4 Å². The molecule has 14 heteroatoms. The van der Waals surface area contributed by atoms with Gasteiger partial charge in [0.25, 0.3) is 5.91 Å². The Morgan fingerprint density at radius 3 is 2.07 bits per heavy atom. The number of carbonyl (C=O) groups excluding carboxylic acids is 3. The minimum atomic E-state index is -5.12. The van der Waals surface area contributed by atoms with Crippen molar-refractivity contribution in [3.63, 3.8) is 0 Å². The van der Waals surface area contributed by atoms with Crippen LogP contribution < -0.4 is 0 Å². The Labute approximate surface area is 247 Å². The van der Waals surface area contributed by atoms with Gasteiger partial charge >= 0.3 is 18.3 Å². The molecule has 228 valence electrons. The van der Waals surface area contributed by atoms with Crippen LogP contribution in [0.3, 0.4) is 0 Å². The van der Waals surface area contributed by atoms with Gasteiger partial charge in [0.2, 0.25) is 5.91 Å². The molecule has 0 aliphatic carbocycles. The average Bonchev–Trinajstić information content (AvgIpc) is 3.18. The van der Waals surface area contributed by atoms with Gasteiger partial charge in [0.1, 0.15) is 5.60 Å². The SMILES string of the molecule is CN(C(=O)c1cc(C(F)(F)F)cc(C(F)(F)F)c1)[C@@H]1CCN(C(=O)C2CC(=O)OC2(C)C)C[C@H]1c1ccc(Cl)c(Cl)c1. The van der Waals surface area contributed by atoms with Crippen molar-refractivity contribution in [3.8, 4) is 0 Å². The van der Waals surface area contributed by atoms with E-state index in [9.17, 15) is 40.7 Å². The van der Waals surface area contributed by atoms with Crippen LogP contribution in [-0.2, 0) is 26.7 Å². The topological polar surface area (TPSA) is 66.9 Å². The van der Waals surface area contributed by atoms with E-state index in [0.29, 0.717) is 17.7 Å². The molecule has 2 aliphatic rings. The fraction of sp³-hybridized carbons (Fsp3) is 0.464. The third kappa shape index (κ3) is 6.49. The van der Waals surface area contributed by atoms with Crippen LogP contribution in [0.4, 0.5) is 26.3 Å². The van der Waals surface area contributed by atoms with E-state index in [0.717, 1.165) is 4.90 Å². The summed E-state index contributed by atoms with van der Waals surface area (Å²) in [4.78, 5) is 41.5. The van der Waals surface area contributed by atoms with Crippen molar-refractivity contribution in [3.05, 3.63) is 68.7 Å². The van der Waals surface area contributed by atoms with Crippen LogP contribution in [0.25, 0.3) is 0 Å². The number of hydrogen-bond donors (Lipinski definition) is 0. The van der Waals surface area contributed by atoms with Crippen molar-refractivity contribution in [1.29, 1.82) is 0 Å². The fourth-order valence-corrected chi connectivity index (χ4v) is 5.84. The number of likely N-dealkylation sites (N-methyl/N-ethyl adjacent to an activating group) is 1. The number of amides is 2. The van der Waals surface area contributed by atoms with Crippen molar-refractivity contribution >= 4 is 41.0 Å². The smallest absolute Gasteiger partial charge is 0.416 e. The third-order valence-corrected chi connectivity index (χ3v) is 8.54. The van der Waals surface area contributed by atoms with Crippen LogP contribution >= 0.6 is 23.2 Å². The molecule has 3 atom stereocenters. The molecule has 2 fully saturated rings. The van der Waals surface area contributed by atoms with Crippen LogP contribution in [0.1, 0.15) is 59.7 Å². The Morgan fingerprint density at radius 2 is 1.57 bits per heavy atom. The Hall–Kier alpha value is -2.99. The Morgan fingerprint density at radius 1 is 0.976 bits per heavy atom. The number of nitrogens with zero attached hydrogens (tertiary/aromatic N) is 2. The van der Waals surface area contributed by atoms with E-state index < -0.39 is 64.4 Å². The predicted octanol–water partition coefficient (Wildman–Crippen LogP) is 6.83. The molecule has 2 amide bonds. The lowest BCUT2D eigenvalue weighted by Crippen LogP contribution is -2.54. The summed E-state index contributed by atoms with van der Waals surface area (Å²) in [6.07, 6.45) is -10.2. The Bertz CT molecular complexity index is 1380. The molecule has 6 nitrogen and oxygen atoms in total. The molecule has 0 spiro atoms. The number of benzene rings is 2. The summed E-state index contributed by atoms with van der Waals surface area (Å²) >= 11 is 12.3. The van der Waals surface area contributed by atoms with Crippen LogP contribution in [0.5, 0.6) is 0 Å². The molecule has 2 saturated heterocycles. The predicted molar refractivity (Wildman–Crippen MR) is 141 cm³/mol. The zero-order chi connectivity index (χ0) is 31.4. The molecule has 42 heavy (non-hydrogen) atoms. The number of piperidine rings is 1. The maximum atomic E-state index is 13.5. The van der Waals surface area contributed by atoms with E-state index in [1.807, 2.05) is 0 Å². The lowest BCUT2D eigenvalue weighted by atomic mass is 9.83. The Balaban J connectivity index is 1.69. The highest BCUT2D eigenvalue weighted by atomic mass is 35.5. The summed E-state index contributed by atoms with van der Waals surface area (Å²) in [5.74, 6) is -3.34. The molecule has 2 heterocycles. The summed E-state index contributed by atoms with van der Waals surface area (Å²) in [5, 5.41) is 0.408. The van der Waals surface area contributed by atoms with E-state index in [1.54, 1.807) is 19.9 Å². The average molecular weight is 639 g/mol. The van der Waals surface area contributed by atoms with Gasteiger partial charge in [0.05, 0.1) is 33.5 Å². The monoisotopic (exact) mass is 638 g/mol. The highest BCUT2D eigenvalue weighted by molar-refractivity contribution is 6.42. The maximum Gasteiger partial charge on any atom is 0.416 e. The molecule has 0 radical (unpaired) electrons. The maximum absolute atomic E-state index is 13.5. The van der Waals surface area contributed by atoms with Gasteiger partial charge < -0.3 is 14.5 Å². The number of ether oxygens (including phenoxy) is 1. The van der Waals surface area contributed by atoms with Gasteiger partial charge in [-0.25, -0.2) is 0 Å². The first-order chi connectivity index (χ1) is 19.3. The molecule has 0 saturated carbocycles. The third-order valence-electron chi connectivity index (χ3n) is 7.80. The van der Waals surface area contributed by atoms with E-state index in [-0.39, 0.29) is 47.9 Å². The highest BCUT2D eigenvalue weighted by Gasteiger charge is 2.49. The zero-order valence-corrected chi connectivity index (χ0v) is 24.1. The van der Waals surface area contributed by atoms with Crippen molar-refractivity contribution in [1.82, 2.24) is 9.80 Å². The standard InChI is InChI=1S/C28H26Cl2F6N2O4/c1-26(2)19(12-23(39)42-26)25(41)38-7-6-22(18(13-38)14-4-5-20(29)21(30)10-14)37(3)24(40)15-8-16(27(31,32)33)11-17(9-15)28(34,35)36/h4-5,8-11,18-19,22H,6-7,12-13H2,1-3H3/t18-,19?,22+/m0/s1. The second-order valence-corrected chi connectivity index (χ2v) is 11.8. The summed E-state index contributed by atoms with van der Waals surface area (Å²) in [6, 6.07) is 4.64. The fourth-order valence-electron chi connectivity index (χ4n) is 5.53. The molecule has 1 unspecified atom stereocenters. The lowest BCUT2D eigenvalue weighted by Gasteiger charge is -2.44. The van der Waals surface area contributed by atoms with E-state index in [1.165, 1.54) is 24.1 Å². The van der Waals surface area contributed by atoms with Crippen LogP contribution in [0.15, 0.2) is 36.4 Å². The van der Waals surface area contributed by atoms with Crippen molar-refractivity contribution in [2.45, 2.75) is 56.6 Å². The number of rotatable bonds is 4. The molecule has 0 aromatic heterocycles. The number of esters is 1. The molecular formula is C28H26Cl2F6N2O4. The minimum Gasteiger partial charge on any atom is -0.459 e. The number of carbonyl (C=O) groups is 3. The quantitative estimate of drug-likeness (QED) is 0.272. The second-order valence-electron chi connectivity index (χ2n) is 11.0. The highest BCUT2D eigenvalue weighted by Crippen LogP contribution is 2.40. The zero-order valence-electron chi connectivity index (χ0n) is 22.6. The summed E-state index contributed by atoms with van der Waals surface area (Å²) in [5.41, 5.74) is -4.49. The van der Waals surface area contributed by atoms with Gasteiger partial charge in [-0.15, -0.1) is 0 Å². The Kier molecular flexibility index (Phi) is 8.56. The summed E-state index contributed by atoms with van der Waals surface area (Å²) in [7, 11) is 1.29. The van der Waals surface area contributed by atoms with Gasteiger partial charge in [-0.2, -0.15) is 26.3 Å². The van der Waals surface area contributed by atoms with Gasteiger partial charge in [-0.3, -0.25) is 14.4 Å². The second kappa shape index (κ2) is 11.3. The summed E-state index contributed by atoms with van der Waals surface area (Å²) in [6.45, 7) is 3.38. The van der Waals surface area contributed by atoms with Gasteiger partial charge in [-0.1, -0.05) is 29.3 Å². The number of hydrogen-bond acceptors (Lipinski definition) is 4. The van der Waals surface area contributed by atoms with E-state index >= 15 is 0 Å². The lowest BCUT2D eigenvalue weighted by molar-refractivity contribution is -0.149. The van der Waals surface area contributed by atoms with Gasteiger partial charge in [0.15, 0.2) is 0 Å². The summed E-state index contributed by atoms with van der Waals surface area (Å²) < 4.78 is 86.0. The number of likely N-dealkylation sites (tertiary alicyclic amines) is 1. The van der Waals surface area contributed by atoms with Crippen molar-refractivity contribution in [2.24, 2.45) is 5.92 Å². The molecule has 2 aromatic rings. The first-order valence-corrected chi connectivity index (χ1v) is 13.6. The van der Waals surface area contributed by atoms with Crippen LogP contribution in [0.2, 0.25) is 10.0 Å². The van der Waals surface area contributed by atoms with E-state index in [4.69, 9.17) is 27.9 Å². The largest absolute Gasteiger partial charge is 0.459 e. The van der Waals surface area contributed by atoms with Crippen molar-refractivity contribution in [2.75, 3.05) is 20.1 Å². The molecule has 2 aliphatic heterocycles. The van der Waals surface area contributed by atoms with Crippen molar-refractivity contribution < 1.29 is 45.5 Å². The van der Waals surface area contributed by atoms with E-state index in [2.05, 4.69) is 0 Å². The normalized spacial score (nSPS) is 22.6. The molecule has 4 rings (SSSR count). The molecular weight excluding hydrogens is 613 g/mol. The first kappa shape index (κ1) is 31.9. The van der Waals surface area contributed by atoms with Crippen LogP contribution in [0, 0.1) is 5.92 Å². The molecule has 0 bridgehead atoms. The molecule has 2 aromatic carbocycles. The number of alkyl halides is 6. The number of cyclic esters (lactones) is 1. The first-order valence-electron chi connectivity index (χ1n) is 12.8.